The molecule has 0 saturated carbocycles. The lowest BCUT2D eigenvalue weighted by atomic mass is 10.2. The van der Waals surface area contributed by atoms with Crippen molar-refractivity contribution >= 4 is 37.4 Å². The summed E-state index contributed by atoms with van der Waals surface area (Å²) >= 11 is 4.32. The van der Waals surface area contributed by atoms with Gasteiger partial charge < -0.3 is 0 Å². The van der Waals surface area contributed by atoms with Crippen LogP contribution in [0.25, 0.3) is 10.1 Å². The highest BCUT2D eigenvalue weighted by Gasteiger charge is 2.33. The molecule has 0 aliphatic heterocycles. The Morgan fingerprint density at radius 1 is 1.21 bits per heavy atom. The van der Waals surface area contributed by atoms with E-state index in [0.29, 0.717) is 4.70 Å². The second-order valence-electron chi connectivity index (χ2n) is 2.79. The first kappa shape index (κ1) is 9.98. The fraction of sp³-hybridized carbons (Fsp3) is 0.111. The minimum Gasteiger partial charge on any atom is -0.166 e. The van der Waals surface area contributed by atoms with Crippen molar-refractivity contribution in [3.8, 4) is 0 Å². The Morgan fingerprint density at radius 2 is 1.93 bits per heavy atom. The Balaban J connectivity index is 2.70. The molecule has 5 heteroatoms. The van der Waals surface area contributed by atoms with Crippen LogP contribution in [0.3, 0.4) is 0 Å². The van der Waals surface area contributed by atoms with Gasteiger partial charge in [-0.15, -0.1) is 11.3 Å². The molecule has 0 atom stereocenters. The lowest BCUT2D eigenvalue weighted by Crippen LogP contribution is -2.02. The molecule has 1 aromatic heterocycles. The molecule has 0 radical (unpaired) electrons. The molecule has 0 amide bonds. The molecule has 0 spiro atoms. The summed E-state index contributed by atoms with van der Waals surface area (Å²) in [6, 6.07) is 4.79. The van der Waals surface area contributed by atoms with Crippen LogP contribution in [0.4, 0.5) is 13.2 Å². The number of rotatable bonds is 0. The normalized spacial score (nSPS) is 12.3. The predicted octanol–water partition coefficient (Wildman–Crippen LogP) is 4.68. The van der Waals surface area contributed by atoms with E-state index in [0.717, 1.165) is 21.2 Å². The van der Waals surface area contributed by atoms with Gasteiger partial charge in [0, 0.05) is 19.9 Å². The van der Waals surface area contributed by atoms with E-state index in [1.807, 2.05) is 0 Å². The van der Waals surface area contributed by atoms with Gasteiger partial charge in [-0.2, -0.15) is 13.2 Å². The minimum absolute atomic E-state index is 0.269. The molecular weight excluding hydrogens is 277 g/mol. The van der Waals surface area contributed by atoms with E-state index in [2.05, 4.69) is 15.9 Å². The van der Waals surface area contributed by atoms with Crippen molar-refractivity contribution in [2.45, 2.75) is 6.18 Å². The van der Waals surface area contributed by atoms with Crippen molar-refractivity contribution in [2.75, 3.05) is 0 Å². The summed E-state index contributed by atoms with van der Waals surface area (Å²) in [6.45, 7) is 0. The Morgan fingerprint density at radius 3 is 2.57 bits per heavy atom. The molecular formula is C9H4BrF3S. The number of halogens is 4. The van der Waals surface area contributed by atoms with Crippen LogP contribution in [0.5, 0.6) is 0 Å². The van der Waals surface area contributed by atoms with Crippen LogP contribution in [0, 0.1) is 0 Å². The number of fused-ring (bicyclic) bond motifs is 1. The van der Waals surface area contributed by atoms with E-state index in [9.17, 15) is 13.2 Å². The zero-order valence-electron chi connectivity index (χ0n) is 6.73. The maximum Gasteiger partial charge on any atom is 0.417 e. The third-order valence-electron chi connectivity index (χ3n) is 1.84. The molecule has 1 heterocycles. The molecule has 0 N–H and O–H groups in total. The van der Waals surface area contributed by atoms with Gasteiger partial charge in [0.25, 0.3) is 0 Å². The van der Waals surface area contributed by atoms with Crippen LogP contribution in [0.15, 0.2) is 28.1 Å². The van der Waals surface area contributed by atoms with Crippen LogP contribution in [0.1, 0.15) is 5.56 Å². The van der Waals surface area contributed by atoms with Crippen molar-refractivity contribution in [1.82, 2.24) is 0 Å². The molecule has 14 heavy (non-hydrogen) atoms. The van der Waals surface area contributed by atoms with E-state index in [1.54, 1.807) is 12.1 Å². The van der Waals surface area contributed by atoms with Crippen molar-refractivity contribution in [3.05, 3.63) is 33.6 Å². The number of thiophene rings is 1. The third-order valence-corrected chi connectivity index (χ3v) is 3.28. The quantitative estimate of drug-likeness (QED) is 0.657. The maximum absolute atomic E-state index is 12.4. The zero-order chi connectivity index (χ0) is 10.3. The van der Waals surface area contributed by atoms with Gasteiger partial charge in [-0.25, -0.2) is 0 Å². The van der Waals surface area contributed by atoms with Gasteiger partial charge in [-0.05, 0) is 12.1 Å². The van der Waals surface area contributed by atoms with Gasteiger partial charge in [-0.3, -0.25) is 0 Å². The van der Waals surface area contributed by atoms with Gasteiger partial charge in [0.15, 0.2) is 0 Å². The molecule has 0 fully saturated rings. The lowest BCUT2D eigenvalue weighted by Gasteiger charge is -2.03. The van der Waals surface area contributed by atoms with Crippen LogP contribution >= 0.6 is 27.3 Å². The molecule has 0 aliphatic rings. The summed E-state index contributed by atoms with van der Waals surface area (Å²) in [5.74, 6) is 0. The summed E-state index contributed by atoms with van der Waals surface area (Å²) < 4.78 is 38.8. The zero-order valence-corrected chi connectivity index (χ0v) is 9.13. The standard InChI is InChI=1S/C9H4BrF3S/c10-5-1-2-6-7(9(11,12)13)4-14-8(6)3-5/h1-4H. The van der Waals surface area contributed by atoms with Gasteiger partial charge >= 0.3 is 6.18 Å². The van der Waals surface area contributed by atoms with E-state index < -0.39 is 11.7 Å². The van der Waals surface area contributed by atoms with Crippen LogP contribution in [0.2, 0.25) is 0 Å². The van der Waals surface area contributed by atoms with Crippen molar-refractivity contribution in [2.24, 2.45) is 0 Å². The monoisotopic (exact) mass is 280 g/mol. The fourth-order valence-electron chi connectivity index (χ4n) is 1.22. The van der Waals surface area contributed by atoms with E-state index in [-0.39, 0.29) is 5.39 Å². The molecule has 0 unspecified atom stereocenters. The van der Waals surface area contributed by atoms with Crippen molar-refractivity contribution < 1.29 is 13.2 Å². The van der Waals surface area contributed by atoms with Gasteiger partial charge in [0.2, 0.25) is 0 Å². The second kappa shape index (κ2) is 3.24. The van der Waals surface area contributed by atoms with Crippen molar-refractivity contribution in [3.63, 3.8) is 0 Å². The highest BCUT2D eigenvalue weighted by Crippen LogP contribution is 2.39. The first-order chi connectivity index (χ1) is 6.48. The number of hydrogen-bond acceptors (Lipinski definition) is 1. The number of hydrogen-bond donors (Lipinski definition) is 0. The summed E-state index contributed by atoms with van der Waals surface area (Å²) in [4.78, 5) is 0. The number of benzene rings is 1. The summed E-state index contributed by atoms with van der Waals surface area (Å²) in [7, 11) is 0. The Kier molecular flexibility index (Phi) is 2.31. The molecule has 2 rings (SSSR count). The SMILES string of the molecule is FC(F)(F)c1csc2cc(Br)ccc12. The Labute approximate surface area is 90.5 Å². The molecule has 1 aromatic carbocycles. The molecule has 2 aromatic rings. The third kappa shape index (κ3) is 1.66. The topological polar surface area (TPSA) is 0 Å². The van der Waals surface area contributed by atoms with Crippen LogP contribution in [-0.4, -0.2) is 0 Å². The van der Waals surface area contributed by atoms with E-state index in [4.69, 9.17) is 0 Å². The van der Waals surface area contributed by atoms with Crippen molar-refractivity contribution in [1.29, 1.82) is 0 Å². The Bertz CT molecular complexity index is 472. The molecule has 74 valence electrons. The first-order valence-corrected chi connectivity index (χ1v) is 5.40. The van der Waals surface area contributed by atoms with Gasteiger partial charge in [-0.1, -0.05) is 22.0 Å². The summed E-state index contributed by atoms with van der Waals surface area (Å²) in [5, 5.41) is 1.42. The fourth-order valence-corrected chi connectivity index (χ4v) is 2.74. The van der Waals surface area contributed by atoms with Crippen LogP contribution in [-0.2, 0) is 6.18 Å². The average Bonchev–Trinajstić information content (AvgIpc) is 2.45. The maximum atomic E-state index is 12.4. The number of alkyl halides is 3. The Hall–Kier alpha value is -0.550. The van der Waals surface area contributed by atoms with Gasteiger partial charge in [0.05, 0.1) is 5.56 Å². The molecule has 0 aliphatic carbocycles. The molecule has 0 saturated heterocycles. The highest BCUT2D eigenvalue weighted by molar-refractivity contribution is 9.10. The van der Waals surface area contributed by atoms with E-state index in [1.165, 1.54) is 6.07 Å². The second-order valence-corrected chi connectivity index (χ2v) is 4.61. The summed E-state index contributed by atoms with van der Waals surface area (Å²) in [5.41, 5.74) is -0.551. The van der Waals surface area contributed by atoms with E-state index >= 15 is 0 Å². The smallest absolute Gasteiger partial charge is 0.166 e. The molecule has 0 nitrogen and oxygen atoms in total. The largest absolute Gasteiger partial charge is 0.417 e. The first-order valence-electron chi connectivity index (χ1n) is 3.72. The highest BCUT2D eigenvalue weighted by atomic mass is 79.9. The summed E-state index contributed by atoms with van der Waals surface area (Å²) in [6.07, 6.45) is -4.26. The molecule has 0 bridgehead atoms. The van der Waals surface area contributed by atoms with Gasteiger partial charge in [0.1, 0.15) is 0 Å². The van der Waals surface area contributed by atoms with Crippen LogP contribution < -0.4 is 0 Å². The predicted molar refractivity (Wildman–Crippen MR) is 54.5 cm³/mol. The minimum atomic E-state index is -4.26. The lowest BCUT2D eigenvalue weighted by molar-refractivity contribution is -0.136. The average molecular weight is 281 g/mol.